The van der Waals surface area contributed by atoms with Gasteiger partial charge in [0, 0.05) is 49.6 Å². The van der Waals surface area contributed by atoms with Crippen molar-refractivity contribution in [2.45, 2.75) is 23.9 Å². The van der Waals surface area contributed by atoms with Crippen molar-refractivity contribution >= 4 is 33.3 Å². The summed E-state index contributed by atoms with van der Waals surface area (Å²) in [5.74, 6) is -0.496. The lowest BCUT2D eigenvalue weighted by molar-refractivity contribution is -0.137. The Morgan fingerprint density at radius 3 is 2.16 bits per heavy atom. The first-order valence-corrected chi connectivity index (χ1v) is 11.5. The Labute approximate surface area is 188 Å². The molecule has 0 radical (unpaired) electrons. The van der Waals surface area contributed by atoms with Gasteiger partial charge in [-0.2, -0.15) is 17.5 Å². The molecule has 0 N–H and O–H groups in total. The minimum atomic E-state index is -4.65. The summed E-state index contributed by atoms with van der Waals surface area (Å²) < 4.78 is 65.3. The molecule has 0 saturated carbocycles. The maximum absolute atomic E-state index is 12.9. The Morgan fingerprint density at radius 2 is 1.56 bits per heavy atom. The first-order valence-electron chi connectivity index (χ1n) is 9.72. The van der Waals surface area contributed by atoms with Crippen molar-refractivity contribution in [3.05, 3.63) is 64.7 Å². The van der Waals surface area contributed by atoms with E-state index in [2.05, 4.69) is 0 Å². The molecule has 6 nitrogen and oxygen atoms in total. The fourth-order valence-electron chi connectivity index (χ4n) is 3.32. The third kappa shape index (κ3) is 5.67. The van der Waals surface area contributed by atoms with Crippen LogP contribution in [0.5, 0.6) is 0 Å². The van der Waals surface area contributed by atoms with E-state index in [1.807, 2.05) is 0 Å². The molecule has 0 bridgehead atoms. The summed E-state index contributed by atoms with van der Waals surface area (Å²) in [5, 5.41) is 0.496. The van der Waals surface area contributed by atoms with Gasteiger partial charge in [0.05, 0.1) is 10.5 Å². The third-order valence-electron chi connectivity index (χ3n) is 5.12. The first-order chi connectivity index (χ1) is 15.0. The maximum Gasteiger partial charge on any atom is 0.416 e. The monoisotopic (exact) mass is 488 g/mol. The van der Waals surface area contributed by atoms with E-state index in [-0.39, 0.29) is 50.7 Å². The molecule has 1 amide bonds. The van der Waals surface area contributed by atoms with Gasteiger partial charge in [0.1, 0.15) is 0 Å². The Hall–Kier alpha value is -2.43. The quantitative estimate of drug-likeness (QED) is 0.579. The minimum Gasteiger partial charge on any atom is -0.340 e. The molecule has 0 unspecified atom stereocenters. The van der Waals surface area contributed by atoms with Crippen molar-refractivity contribution in [2.24, 2.45) is 0 Å². The van der Waals surface area contributed by atoms with Crippen LogP contribution in [0.2, 0.25) is 5.02 Å². The van der Waals surface area contributed by atoms with Crippen LogP contribution in [-0.2, 0) is 21.0 Å². The summed E-state index contributed by atoms with van der Waals surface area (Å²) in [4.78, 5) is 25.6. The highest BCUT2D eigenvalue weighted by molar-refractivity contribution is 7.89. The topological polar surface area (TPSA) is 74.8 Å². The lowest BCUT2D eigenvalue weighted by Crippen LogP contribution is -2.50. The van der Waals surface area contributed by atoms with Gasteiger partial charge in [-0.25, -0.2) is 8.42 Å². The molecule has 0 atom stereocenters. The number of hydrogen-bond donors (Lipinski definition) is 0. The number of Topliss-reactive ketones (excluding diaryl/α,β-unsaturated/α-hetero) is 1. The number of carbonyl (C=O) groups is 2. The molecule has 2 aromatic rings. The van der Waals surface area contributed by atoms with Crippen molar-refractivity contribution in [2.75, 3.05) is 26.2 Å². The van der Waals surface area contributed by atoms with Gasteiger partial charge < -0.3 is 4.90 Å². The van der Waals surface area contributed by atoms with E-state index in [4.69, 9.17) is 11.6 Å². The lowest BCUT2D eigenvalue weighted by atomic mass is 10.1. The Bertz CT molecular complexity index is 1100. The van der Waals surface area contributed by atoms with Crippen LogP contribution in [0.3, 0.4) is 0 Å². The molecule has 0 aromatic heterocycles. The van der Waals surface area contributed by atoms with Gasteiger partial charge in [-0.15, -0.1) is 0 Å². The Morgan fingerprint density at radius 1 is 0.938 bits per heavy atom. The molecule has 1 fully saturated rings. The number of hydrogen-bond acceptors (Lipinski definition) is 4. The van der Waals surface area contributed by atoms with Gasteiger partial charge in [0.2, 0.25) is 15.9 Å². The molecule has 1 aliphatic heterocycles. The molecule has 0 aliphatic carbocycles. The fraction of sp³-hybridized carbons (Fsp3) is 0.333. The van der Waals surface area contributed by atoms with E-state index < -0.39 is 26.7 Å². The molecule has 2 aromatic carbocycles. The number of nitrogens with zero attached hydrogens (tertiary/aromatic N) is 2. The summed E-state index contributed by atoms with van der Waals surface area (Å²) in [5.41, 5.74) is -0.600. The van der Waals surface area contributed by atoms with Crippen LogP contribution in [0.4, 0.5) is 13.2 Å². The molecule has 1 heterocycles. The zero-order valence-electron chi connectivity index (χ0n) is 16.8. The Balaban J connectivity index is 1.56. The highest BCUT2D eigenvalue weighted by atomic mass is 35.5. The van der Waals surface area contributed by atoms with E-state index in [0.717, 1.165) is 22.5 Å². The van der Waals surface area contributed by atoms with Crippen LogP contribution >= 0.6 is 11.6 Å². The number of carbonyl (C=O) groups excluding carboxylic acids is 2. The summed E-state index contributed by atoms with van der Waals surface area (Å²) in [6.07, 6.45) is -4.68. The first kappa shape index (κ1) is 24.2. The standard InChI is InChI=1S/C21H20ClF3N2O4S/c22-17-6-4-15(5-7-17)19(28)8-9-20(29)26-10-12-27(13-11-26)32(30,31)18-3-1-2-16(14-18)21(23,24)25/h1-7,14H,8-13H2. The number of rotatable bonds is 6. The lowest BCUT2D eigenvalue weighted by Gasteiger charge is -2.34. The van der Waals surface area contributed by atoms with E-state index in [1.165, 1.54) is 4.90 Å². The second-order valence-corrected chi connectivity index (χ2v) is 9.61. The molecule has 1 aliphatic rings. The third-order valence-corrected chi connectivity index (χ3v) is 7.27. The maximum atomic E-state index is 12.9. The number of halogens is 4. The molecule has 11 heteroatoms. The average Bonchev–Trinajstić information content (AvgIpc) is 2.77. The van der Waals surface area contributed by atoms with E-state index in [1.54, 1.807) is 24.3 Å². The molecular formula is C21H20ClF3N2O4S. The zero-order valence-corrected chi connectivity index (χ0v) is 18.4. The number of piperazine rings is 1. The van der Waals surface area contributed by atoms with Gasteiger partial charge in [0.25, 0.3) is 0 Å². The van der Waals surface area contributed by atoms with Crippen LogP contribution in [0.15, 0.2) is 53.4 Å². The smallest absolute Gasteiger partial charge is 0.340 e. The minimum absolute atomic E-state index is 0.00319. The highest BCUT2D eigenvalue weighted by Gasteiger charge is 2.34. The Kier molecular flexibility index (Phi) is 7.26. The number of amides is 1. The number of ketones is 1. The summed E-state index contributed by atoms with van der Waals surface area (Å²) >= 11 is 5.79. The van der Waals surface area contributed by atoms with Crippen LogP contribution in [0.1, 0.15) is 28.8 Å². The van der Waals surface area contributed by atoms with Gasteiger partial charge in [-0.05, 0) is 42.5 Å². The van der Waals surface area contributed by atoms with Crippen molar-refractivity contribution < 1.29 is 31.2 Å². The number of sulfonamides is 1. The van der Waals surface area contributed by atoms with Crippen LogP contribution in [0, 0.1) is 0 Å². The van der Waals surface area contributed by atoms with Gasteiger partial charge >= 0.3 is 6.18 Å². The SMILES string of the molecule is O=C(CCC(=O)N1CCN(S(=O)(=O)c2cccc(C(F)(F)F)c2)CC1)c1ccc(Cl)cc1. The van der Waals surface area contributed by atoms with Gasteiger partial charge in [0.15, 0.2) is 5.78 Å². The predicted octanol–water partition coefficient (Wildman–Crippen LogP) is 3.85. The van der Waals surface area contributed by atoms with E-state index in [0.29, 0.717) is 16.7 Å². The largest absolute Gasteiger partial charge is 0.416 e. The normalized spacial score (nSPS) is 15.6. The van der Waals surface area contributed by atoms with Gasteiger partial charge in [-0.3, -0.25) is 9.59 Å². The van der Waals surface area contributed by atoms with Crippen LogP contribution in [-0.4, -0.2) is 55.5 Å². The fourth-order valence-corrected chi connectivity index (χ4v) is 4.91. The number of benzene rings is 2. The molecule has 172 valence electrons. The van der Waals surface area contributed by atoms with E-state index in [9.17, 15) is 31.2 Å². The highest BCUT2D eigenvalue weighted by Crippen LogP contribution is 2.31. The molecule has 32 heavy (non-hydrogen) atoms. The van der Waals surface area contributed by atoms with Crippen molar-refractivity contribution in [1.29, 1.82) is 0 Å². The van der Waals surface area contributed by atoms with Crippen LogP contribution < -0.4 is 0 Å². The van der Waals surface area contributed by atoms with Crippen molar-refractivity contribution in [3.63, 3.8) is 0 Å². The summed E-state index contributed by atoms with van der Waals surface area (Å²) in [6.45, 7) is 0.0865. The van der Waals surface area contributed by atoms with E-state index >= 15 is 0 Å². The number of alkyl halides is 3. The zero-order chi connectivity index (χ0) is 23.5. The van der Waals surface area contributed by atoms with Crippen LogP contribution in [0.25, 0.3) is 0 Å². The molecular weight excluding hydrogens is 469 g/mol. The van der Waals surface area contributed by atoms with Crippen molar-refractivity contribution in [3.8, 4) is 0 Å². The summed E-state index contributed by atoms with van der Waals surface area (Å²) in [7, 11) is -4.13. The molecule has 0 spiro atoms. The van der Waals surface area contributed by atoms with Crippen molar-refractivity contribution in [1.82, 2.24) is 9.21 Å². The predicted molar refractivity (Wildman–Crippen MR) is 112 cm³/mol. The van der Waals surface area contributed by atoms with Gasteiger partial charge in [-0.1, -0.05) is 17.7 Å². The second-order valence-electron chi connectivity index (χ2n) is 7.24. The molecule has 3 rings (SSSR count). The average molecular weight is 489 g/mol. The summed E-state index contributed by atoms with van der Waals surface area (Å²) in [6, 6.07) is 9.90. The molecule has 1 saturated heterocycles. The second kappa shape index (κ2) is 9.60.